The number of pyridine rings is 1. The topological polar surface area (TPSA) is 37.4 Å². The summed E-state index contributed by atoms with van der Waals surface area (Å²) in [6, 6.07) is 27.5. The molecule has 1 aliphatic heterocycles. The maximum Gasteiger partial charge on any atom is 0.174 e. The summed E-state index contributed by atoms with van der Waals surface area (Å²) in [6.45, 7) is 0. The van der Waals surface area contributed by atoms with Gasteiger partial charge in [-0.15, -0.1) is 11.3 Å². The summed E-state index contributed by atoms with van der Waals surface area (Å²) < 4.78 is 6.68. The van der Waals surface area contributed by atoms with Crippen molar-refractivity contribution >= 4 is 46.0 Å². The van der Waals surface area contributed by atoms with E-state index in [1.165, 1.54) is 0 Å². The van der Waals surface area contributed by atoms with Crippen LogP contribution in [0.3, 0.4) is 0 Å². The third-order valence-corrected chi connectivity index (χ3v) is 6.69. The molecule has 1 fully saturated rings. The van der Waals surface area contributed by atoms with Crippen LogP contribution < -0.4 is 15.0 Å². The Morgan fingerprint density at radius 3 is 2.32 bits per heavy atom. The lowest BCUT2D eigenvalue weighted by Crippen LogP contribution is -2.28. The number of benzene rings is 2. The Labute approximate surface area is 195 Å². The summed E-state index contributed by atoms with van der Waals surface area (Å²) in [5.74, 6) is 1.57. The van der Waals surface area contributed by atoms with Crippen molar-refractivity contribution in [3.63, 3.8) is 0 Å². The van der Waals surface area contributed by atoms with Gasteiger partial charge >= 0.3 is 0 Å². The number of rotatable bonds is 5. The lowest BCUT2D eigenvalue weighted by atomic mass is 10.0. The Morgan fingerprint density at radius 2 is 1.65 bits per heavy atom. The number of thiocarbonyl (C=S) groups is 1. The molecular weight excluding hydrogens is 446 g/mol. The maximum atomic E-state index is 6.28. The van der Waals surface area contributed by atoms with Gasteiger partial charge in [-0.3, -0.25) is 4.98 Å². The average Bonchev–Trinajstić information content (AvgIpc) is 3.38. The quantitative estimate of drug-likeness (QED) is 0.331. The van der Waals surface area contributed by atoms with Crippen molar-refractivity contribution in [1.29, 1.82) is 0 Å². The molecule has 31 heavy (non-hydrogen) atoms. The second kappa shape index (κ2) is 8.67. The molecule has 3 heterocycles. The van der Waals surface area contributed by atoms with Gasteiger partial charge < -0.3 is 15.0 Å². The van der Waals surface area contributed by atoms with Gasteiger partial charge in [0.2, 0.25) is 0 Å². The largest absolute Gasteiger partial charge is 0.457 e. The Kier molecular flexibility index (Phi) is 5.59. The Morgan fingerprint density at radius 1 is 0.903 bits per heavy atom. The molecule has 4 aromatic rings. The average molecular weight is 464 g/mol. The lowest BCUT2D eigenvalue weighted by Gasteiger charge is -2.27. The highest BCUT2D eigenvalue weighted by molar-refractivity contribution is 7.80. The molecule has 2 aromatic carbocycles. The van der Waals surface area contributed by atoms with Gasteiger partial charge in [0.1, 0.15) is 11.5 Å². The molecule has 2 aromatic heterocycles. The summed E-state index contributed by atoms with van der Waals surface area (Å²) in [4.78, 5) is 7.82. The number of para-hydroxylation sites is 1. The minimum Gasteiger partial charge on any atom is -0.457 e. The first-order chi connectivity index (χ1) is 15.2. The molecule has 154 valence electrons. The van der Waals surface area contributed by atoms with Gasteiger partial charge in [0, 0.05) is 16.8 Å². The van der Waals surface area contributed by atoms with Crippen LogP contribution in [0.1, 0.15) is 22.7 Å². The molecule has 1 aliphatic rings. The first-order valence-corrected chi connectivity index (χ1v) is 11.4. The van der Waals surface area contributed by atoms with E-state index in [1.807, 2.05) is 78.9 Å². The zero-order valence-corrected chi connectivity index (χ0v) is 18.7. The van der Waals surface area contributed by atoms with Gasteiger partial charge in [-0.1, -0.05) is 35.9 Å². The van der Waals surface area contributed by atoms with E-state index in [1.54, 1.807) is 17.5 Å². The predicted octanol–water partition coefficient (Wildman–Crippen LogP) is 6.77. The molecule has 0 bridgehead atoms. The van der Waals surface area contributed by atoms with Crippen molar-refractivity contribution in [2.75, 3.05) is 4.90 Å². The molecule has 0 radical (unpaired) electrons. The minimum atomic E-state index is -0.0799. The van der Waals surface area contributed by atoms with Gasteiger partial charge in [0.05, 0.1) is 22.1 Å². The Hall–Kier alpha value is -2.93. The van der Waals surface area contributed by atoms with Gasteiger partial charge in [-0.2, -0.15) is 0 Å². The van der Waals surface area contributed by atoms with Gasteiger partial charge in [-0.05, 0) is 72.9 Å². The second-order valence-corrected chi connectivity index (χ2v) is 9.18. The van der Waals surface area contributed by atoms with E-state index in [-0.39, 0.29) is 12.1 Å². The van der Waals surface area contributed by atoms with Crippen LogP contribution in [-0.2, 0) is 0 Å². The van der Waals surface area contributed by atoms with Gasteiger partial charge in [-0.25, -0.2) is 0 Å². The van der Waals surface area contributed by atoms with Crippen molar-refractivity contribution in [2.45, 2.75) is 12.1 Å². The lowest BCUT2D eigenvalue weighted by molar-refractivity contribution is 0.482. The van der Waals surface area contributed by atoms with Crippen molar-refractivity contribution < 1.29 is 4.74 Å². The predicted molar refractivity (Wildman–Crippen MR) is 130 cm³/mol. The summed E-state index contributed by atoms with van der Waals surface area (Å²) in [7, 11) is 0. The first kappa shape index (κ1) is 20.0. The highest BCUT2D eigenvalue weighted by Gasteiger charge is 2.41. The van der Waals surface area contributed by atoms with Gasteiger partial charge in [0.25, 0.3) is 0 Å². The van der Waals surface area contributed by atoms with E-state index in [9.17, 15) is 0 Å². The Bertz CT molecular complexity index is 1180. The molecule has 5 rings (SSSR count). The van der Waals surface area contributed by atoms with E-state index in [4.69, 9.17) is 28.6 Å². The molecule has 7 heteroatoms. The SMILES string of the molecule is S=C1N[C@H](c2ccccn2)[C@H](c2ccc(Cl)s2)N1c1ccc(Oc2ccccc2)cc1. The van der Waals surface area contributed by atoms with Crippen LogP contribution in [0.5, 0.6) is 11.5 Å². The molecule has 4 nitrogen and oxygen atoms in total. The normalized spacial score (nSPS) is 18.1. The molecular formula is C24H18ClN3OS2. The highest BCUT2D eigenvalue weighted by atomic mass is 35.5. The maximum absolute atomic E-state index is 6.28. The van der Waals surface area contributed by atoms with Crippen LogP contribution >= 0.6 is 35.2 Å². The van der Waals surface area contributed by atoms with E-state index in [2.05, 4.69) is 21.3 Å². The second-order valence-electron chi connectivity index (χ2n) is 7.05. The zero-order valence-electron chi connectivity index (χ0n) is 16.3. The number of thiophene rings is 1. The molecule has 1 N–H and O–H groups in total. The third kappa shape index (κ3) is 4.14. The fraction of sp³-hybridized carbons (Fsp3) is 0.0833. The van der Waals surface area contributed by atoms with Crippen LogP contribution in [0.2, 0.25) is 4.34 Å². The summed E-state index contributed by atoms with van der Waals surface area (Å²) in [5.41, 5.74) is 1.91. The zero-order chi connectivity index (χ0) is 21.2. The molecule has 0 unspecified atom stereocenters. The van der Waals surface area contributed by atoms with Gasteiger partial charge in [0.15, 0.2) is 5.11 Å². The first-order valence-electron chi connectivity index (χ1n) is 9.78. The van der Waals surface area contributed by atoms with Crippen LogP contribution in [-0.4, -0.2) is 10.1 Å². The number of nitrogens with one attached hydrogen (secondary N) is 1. The van der Waals surface area contributed by atoms with E-state index in [0.29, 0.717) is 5.11 Å². The molecule has 0 saturated carbocycles. The smallest absolute Gasteiger partial charge is 0.174 e. The minimum absolute atomic E-state index is 0.0548. The van der Waals surface area contributed by atoms with Crippen molar-refractivity contribution in [3.8, 4) is 11.5 Å². The Balaban J connectivity index is 1.48. The number of ether oxygens (including phenoxy) is 1. The molecule has 0 aliphatic carbocycles. The number of aromatic nitrogens is 1. The van der Waals surface area contributed by atoms with Crippen molar-refractivity contribution in [2.24, 2.45) is 0 Å². The monoisotopic (exact) mass is 463 g/mol. The fourth-order valence-electron chi connectivity index (χ4n) is 3.71. The number of hydrogen-bond acceptors (Lipinski definition) is 4. The number of hydrogen-bond donors (Lipinski definition) is 1. The summed E-state index contributed by atoms with van der Waals surface area (Å²) in [6.07, 6.45) is 1.80. The molecule has 0 amide bonds. The van der Waals surface area contributed by atoms with Crippen LogP contribution in [0.25, 0.3) is 0 Å². The van der Waals surface area contributed by atoms with Crippen LogP contribution in [0, 0.1) is 0 Å². The number of anilines is 1. The number of halogens is 1. The fourth-order valence-corrected chi connectivity index (χ4v) is 5.24. The van der Waals surface area contributed by atoms with Crippen LogP contribution in [0.4, 0.5) is 5.69 Å². The molecule has 1 saturated heterocycles. The summed E-state index contributed by atoms with van der Waals surface area (Å²) >= 11 is 13.6. The van der Waals surface area contributed by atoms with Crippen molar-refractivity contribution in [1.82, 2.24) is 10.3 Å². The number of nitrogens with zero attached hydrogens (tertiary/aromatic N) is 2. The van der Waals surface area contributed by atoms with E-state index < -0.39 is 0 Å². The third-order valence-electron chi connectivity index (χ3n) is 5.08. The standard InChI is InChI=1S/C24H18ClN3OS2/c25-21-14-13-20(31-21)23-22(19-8-4-5-15-26-19)27-24(30)28(23)16-9-11-18(12-10-16)29-17-6-2-1-3-7-17/h1-15,22-23H,(H,27,30)/t22-,23+/m1/s1. The van der Waals surface area contributed by atoms with Crippen LogP contribution in [0.15, 0.2) is 91.1 Å². The van der Waals surface area contributed by atoms with E-state index >= 15 is 0 Å². The highest BCUT2D eigenvalue weighted by Crippen LogP contribution is 2.44. The molecule has 0 spiro atoms. The molecule has 2 atom stereocenters. The summed E-state index contributed by atoms with van der Waals surface area (Å²) in [5, 5.41) is 4.11. The van der Waals surface area contributed by atoms with Crippen molar-refractivity contribution in [3.05, 3.63) is 106 Å². The van der Waals surface area contributed by atoms with E-state index in [0.717, 1.165) is 32.1 Å².